The van der Waals surface area contributed by atoms with Gasteiger partial charge in [0.15, 0.2) is 5.82 Å². The minimum Gasteiger partial charge on any atom is -0.490 e. The van der Waals surface area contributed by atoms with Gasteiger partial charge >= 0.3 is 0 Å². The third-order valence-electron chi connectivity index (χ3n) is 3.48. The summed E-state index contributed by atoms with van der Waals surface area (Å²) < 4.78 is 7.46. The summed E-state index contributed by atoms with van der Waals surface area (Å²) >= 11 is 2.93. The van der Waals surface area contributed by atoms with Crippen molar-refractivity contribution in [2.45, 2.75) is 0 Å². The van der Waals surface area contributed by atoms with Crippen LogP contribution >= 0.6 is 22.7 Å². The van der Waals surface area contributed by atoms with Crippen molar-refractivity contribution >= 4 is 33.7 Å². The number of thiazole rings is 1. The molecule has 25 heavy (non-hydrogen) atoms. The number of benzene rings is 1. The Labute approximate surface area is 151 Å². The predicted molar refractivity (Wildman–Crippen MR) is 101 cm³/mol. The summed E-state index contributed by atoms with van der Waals surface area (Å²) in [5, 5.41) is 6.33. The third kappa shape index (κ3) is 3.11. The molecule has 0 aliphatic rings. The van der Waals surface area contributed by atoms with Gasteiger partial charge in [-0.15, -0.1) is 16.4 Å². The Morgan fingerprint density at radius 1 is 1.24 bits per heavy atom. The van der Waals surface area contributed by atoms with Crippen molar-refractivity contribution in [2.75, 3.05) is 6.61 Å². The van der Waals surface area contributed by atoms with Crippen LogP contribution in [0.15, 0.2) is 59.2 Å². The lowest BCUT2D eigenvalue weighted by atomic mass is 10.2. The Balaban J connectivity index is 1.68. The quantitative estimate of drug-likeness (QED) is 0.509. The maximum absolute atomic E-state index is 12.5. The van der Waals surface area contributed by atoms with Gasteiger partial charge < -0.3 is 4.74 Å². The standard InChI is InChI=1S/C18H13N3O2S2/c1-2-9-23-13-7-5-12(6-8-13)16-19-18-21(20-16)17(22)15(25-18)11-14-4-3-10-24-14/h2-8,10-11H,1,9H2/b15-11-. The Kier molecular flexibility index (Phi) is 4.17. The first kappa shape index (κ1) is 15.7. The molecule has 0 N–H and O–H groups in total. The second kappa shape index (κ2) is 6.62. The van der Waals surface area contributed by atoms with Crippen LogP contribution in [0.4, 0.5) is 0 Å². The van der Waals surface area contributed by atoms with E-state index >= 15 is 0 Å². The van der Waals surface area contributed by atoms with Gasteiger partial charge in [-0.3, -0.25) is 4.79 Å². The fraction of sp³-hybridized carbons (Fsp3) is 0.0556. The number of hydrogen-bond acceptors (Lipinski definition) is 6. The predicted octanol–water partition coefficient (Wildman–Crippen LogP) is 2.99. The Morgan fingerprint density at radius 3 is 2.76 bits per heavy atom. The maximum atomic E-state index is 12.5. The molecule has 0 saturated heterocycles. The molecule has 0 unspecified atom stereocenters. The fourth-order valence-corrected chi connectivity index (χ4v) is 3.94. The molecular weight excluding hydrogens is 354 g/mol. The van der Waals surface area contributed by atoms with Crippen LogP contribution in [0, 0.1) is 0 Å². The number of hydrogen-bond donors (Lipinski definition) is 0. The summed E-state index contributed by atoms with van der Waals surface area (Å²) in [5.74, 6) is 1.28. The van der Waals surface area contributed by atoms with Gasteiger partial charge in [-0.05, 0) is 41.8 Å². The van der Waals surface area contributed by atoms with Crippen LogP contribution < -0.4 is 14.8 Å². The molecule has 0 spiro atoms. The number of ether oxygens (including phenoxy) is 1. The van der Waals surface area contributed by atoms with E-state index in [1.807, 2.05) is 47.9 Å². The van der Waals surface area contributed by atoms with Crippen LogP contribution in [-0.2, 0) is 0 Å². The van der Waals surface area contributed by atoms with Crippen LogP contribution in [-0.4, -0.2) is 21.2 Å². The molecule has 4 aromatic rings. The summed E-state index contributed by atoms with van der Waals surface area (Å²) in [7, 11) is 0. The molecule has 5 nitrogen and oxygen atoms in total. The molecule has 0 aliphatic carbocycles. The molecule has 0 aliphatic heterocycles. The van der Waals surface area contributed by atoms with Crippen molar-refractivity contribution in [2.24, 2.45) is 0 Å². The summed E-state index contributed by atoms with van der Waals surface area (Å²) in [6.07, 6.45) is 3.57. The van der Waals surface area contributed by atoms with Crippen molar-refractivity contribution in [1.82, 2.24) is 14.6 Å². The number of nitrogens with zero attached hydrogens (tertiary/aromatic N) is 3. The Hall–Kier alpha value is -2.77. The molecular formula is C18H13N3O2S2. The van der Waals surface area contributed by atoms with E-state index in [2.05, 4.69) is 16.7 Å². The second-order valence-corrected chi connectivity index (χ2v) is 7.17. The zero-order chi connectivity index (χ0) is 17.2. The molecule has 0 amide bonds. The van der Waals surface area contributed by atoms with Gasteiger partial charge in [0.25, 0.3) is 5.56 Å². The zero-order valence-corrected chi connectivity index (χ0v) is 14.7. The molecule has 0 fully saturated rings. The number of thiophene rings is 1. The number of rotatable bonds is 5. The van der Waals surface area contributed by atoms with Crippen LogP contribution in [0.1, 0.15) is 4.88 Å². The fourth-order valence-electron chi connectivity index (χ4n) is 2.31. The van der Waals surface area contributed by atoms with Crippen LogP contribution in [0.5, 0.6) is 5.75 Å². The van der Waals surface area contributed by atoms with Gasteiger partial charge in [-0.25, -0.2) is 0 Å². The highest BCUT2D eigenvalue weighted by Gasteiger charge is 2.12. The first-order chi connectivity index (χ1) is 12.2. The molecule has 0 atom stereocenters. The Bertz CT molecular complexity index is 1130. The van der Waals surface area contributed by atoms with E-state index in [-0.39, 0.29) is 5.56 Å². The summed E-state index contributed by atoms with van der Waals surface area (Å²) in [5.41, 5.74) is 0.697. The first-order valence-corrected chi connectivity index (χ1v) is 9.23. The van der Waals surface area contributed by atoms with E-state index in [0.717, 1.165) is 16.2 Å². The van der Waals surface area contributed by atoms with E-state index in [4.69, 9.17) is 4.74 Å². The topological polar surface area (TPSA) is 56.5 Å². The first-order valence-electron chi connectivity index (χ1n) is 7.53. The van der Waals surface area contributed by atoms with Gasteiger partial charge in [0, 0.05) is 10.4 Å². The number of fused-ring (bicyclic) bond motifs is 1. The van der Waals surface area contributed by atoms with Crippen LogP contribution in [0.25, 0.3) is 22.4 Å². The van der Waals surface area contributed by atoms with Crippen LogP contribution in [0.3, 0.4) is 0 Å². The van der Waals surface area contributed by atoms with E-state index in [1.54, 1.807) is 17.4 Å². The molecule has 4 rings (SSSR count). The molecule has 124 valence electrons. The molecule has 7 heteroatoms. The zero-order valence-electron chi connectivity index (χ0n) is 13.1. The van der Waals surface area contributed by atoms with E-state index in [1.165, 1.54) is 15.9 Å². The van der Waals surface area contributed by atoms with Gasteiger partial charge in [-0.1, -0.05) is 30.1 Å². The highest BCUT2D eigenvalue weighted by Crippen LogP contribution is 2.20. The molecule has 1 aromatic carbocycles. The largest absolute Gasteiger partial charge is 0.490 e. The van der Waals surface area contributed by atoms with E-state index in [9.17, 15) is 4.79 Å². The normalized spacial score (nSPS) is 11.9. The molecule has 3 heterocycles. The minimum absolute atomic E-state index is 0.141. The van der Waals surface area contributed by atoms with Crippen molar-refractivity contribution in [1.29, 1.82) is 0 Å². The summed E-state index contributed by atoms with van der Waals surface area (Å²) in [6.45, 7) is 4.08. The molecule has 0 saturated carbocycles. The van der Waals surface area contributed by atoms with Gasteiger partial charge in [0.1, 0.15) is 12.4 Å². The summed E-state index contributed by atoms with van der Waals surface area (Å²) in [6, 6.07) is 11.4. The SMILES string of the molecule is C=CCOc1ccc(-c2nc3s/c(=C\c4cccs4)c(=O)n3n2)cc1. The minimum atomic E-state index is -0.141. The summed E-state index contributed by atoms with van der Waals surface area (Å²) in [4.78, 5) is 18.6. The maximum Gasteiger partial charge on any atom is 0.291 e. The van der Waals surface area contributed by atoms with Gasteiger partial charge in [-0.2, -0.15) is 9.50 Å². The van der Waals surface area contributed by atoms with Gasteiger partial charge in [0.2, 0.25) is 4.96 Å². The average molecular weight is 367 g/mol. The van der Waals surface area contributed by atoms with Crippen molar-refractivity contribution in [3.63, 3.8) is 0 Å². The Morgan fingerprint density at radius 2 is 2.08 bits per heavy atom. The molecule has 0 radical (unpaired) electrons. The lowest BCUT2D eigenvalue weighted by Gasteiger charge is -2.02. The van der Waals surface area contributed by atoms with Crippen LogP contribution in [0.2, 0.25) is 0 Å². The number of aromatic nitrogens is 3. The average Bonchev–Trinajstić information content (AvgIpc) is 3.34. The smallest absolute Gasteiger partial charge is 0.291 e. The molecule has 0 bridgehead atoms. The lowest BCUT2D eigenvalue weighted by molar-refractivity contribution is 0.363. The van der Waals surface area contributed by atoms with Crippen molar-refractivity contribution in [3.8, 4) is 17.1 Å². The van der Waals surface area contributed by atoms with Crippen molar-refractivity contribution < 1.29 is 4.74 Å². The highest BCUT2D eigenvalue weighted by molar-refractivity contribution is 7.15. The lowest BCUT2D eigenvalue weighted by Crippen LogP contribution is -2.23. The molecule has 3 aromatic heterocycles. The van der Waals surface area contributed by atoms with Gasteiger partial charge in [0.05, 0.1) is 4.53 Å². The highest BCUT2D eigenvalue weighted by atomic mass is 32.1. The van der Waals surface area contributed by atoms with Crippen molar-refractivity contribution in [3.05, 3.63) is 74.2 Å². The monoisotopic (exact) mass is 367 g/mol. The third-order valence-corrected chi connectivity index (χ3v) is 5.26. The van der Waals surface area contributed by atoms with E-state index in [0.29, 0.717) is 21.9 Å². The second-order valence-electron chi connectivity index (χ2n) is 5.19. The van der Waals surface area contributed by atoms with E-state index < -0.39 is 0 Å².